The Morgan fingerprint density at radius 1 is 1.09 bits per heavy atom. The molecule has 0 atom stereocenters. The lowest BCUT2D eigenvalue weighted by molar-refractivity contribution is -0.384. The number of furan rings is 1. The van der Waals surface area contributed by atoms with Crippen molar-refractivity contribution in [3.8, 4) is 21.9 Å². The summed E-state index contributed by atoms with van der Waals surface area (Å²) in [4.78, 5) is 23.9. The number of hydrogen-bond acceptors (Lipinski definition) is 8. The zero-order chi connectivity index (χ0) is 22.2. The molecule has 1 amide bonds. The van der Waals surface area contributed by atoms with Crippen LogP contribution in [-0.2, 0) is 0 Å². The van der Waals surface area contributed by atoms with Crippen molar-refractivity contribution >= 4 is 33.6 Å². The van der Waals surface area contributed by atoms with Gasteiger partial charge in [0.25, 0.3) is 11.6 Å². The number of nitrogens with one attached hydrogen (secondary N) is 1. The fourth-order valence-electron chi connectivity index (χ4n) is 3.14. The predicted molar refractivity (Wildman–Crippen MR) is 118 cm³/mol. The SMILES string of the molecule is Cc1nnc2sc(-c3cccc(NC(=O)c4ccc(-c5cccc([N+](=O)[O-])c5)o4)c3)nn12. The van der Waals surface area contributed by atoms with Crippen molar-refractivity contribution in [2.45, 2.75) is 6.92 Å². The molecule has 1 N–H and O–H groups in total. The molecule has 5 rings (SSSR count). The number of aryl methyl sites for hydroxylation is 1. The molecule has 158 valence electrons. The Kier molecular flexibility index (Phi) is 4.71. The Hall–Kier alpha value is -4.38. The van der Waals surface area contributed by atoms with Gasteiger partial charge in [0, 0.05) is 28.9 Å². The van der Waals surface area contributed by atoms with Gasteiger partial charge in [-0.15, -0.1) is 10.2 Å². The van der Waals surface area contributed by atoms with Crippen LogP contribution in [0.25, 0.3) is 26.9 Å². The van der Waals surface area contributed by atoms with Crippen LogP contribution in [0.3, 0.4) is 0 Å². The Morgan fingerprint density at radius 3 is 2.72 bits per heavy atom. The summed E-state index contributed by atoms with van der Waals surface area (Å²) < 4.78 is 7.30. The van der Waals surface area contributed by atoms with Gasteiger partial charge in [0.2, 0.25) is 4.96 Å². The summed E-state index contributed by atoms with van der Waals surface area (Å²) >= 11 is 1.40. The van der Waals surface area contributed by atoms with E-state index < -0.39 is 10.8 Å². The molecule has 10 nitrogen and oxygen atoms in total. The minimum Gasteiger partial charge on any atom is -0.451 e. The first-order chi connectivity index (χ1) is 15.5. The van der Waals surface area contributed by atoms with Crippen LogP contribution in [0.5, 0.6) is 0 Å². The number of fused-ring (bicyclic) bond motifs is 1. The molecule has 0 fully saturated rings. The monoisotopic (exact) mass is 446 g/mol. The van der Waals surface area contributed by atoms with E-state index in [1.807, 2.05) is 25.1 Å². The number of non-ortho nitro benzene ring substituents is 1. The Balaban J connectivity index is 1.36. The number of amides is 1. The fraction of sp³-hybridized carbons (Fsp3) is 0.0476. The average molecular weight is 446 g/mol. The third-order valence-electron chi connectivity index (χ3n) is 4.69. The van der Waals surface area contributed by atoms with Gasteiger partial charge < -0.3 is 9.73 Å². The molecule has 11 heteroatoms. The summed E-state index contributed by atoms with van der Waals surface area (Å²) in [6.45, 7) is 1.82. The first kappa shape index (κ1) is 19.6. The zero-order valence-electron chi connectivity index (χ0n) is 16.6. The number of aromatic nitrogens is 4. The standard InChI is InChI=1S/C21H14N6O4S/c1-12-23-24-21-26(12)25-20(32-21)14-5-2-6-15(10-14)22-19(28)18-9-8-17(31-18)13-4-3-7-16(11-13)27(29)30/h2-11H,1H3,(H,22,28). The van der Waals surface area contributed by atoms with E-state index in [-0.39, 0.29) is 11.4 Å². The van der Waals surface area contributed by atoms with Gasteiger partial charge in [0.15, 0.2) is 11.6 Å². The molecule has 0 radical (unpaired) electrons. The van der Waals surface area contributed by atoms with Crippen molar-refractivity contribution < 1.29 is 14.1 Å². The van der Waals surface area contributed by atoms with Crippen molar-refractivity contribution in [2.75, 3.05) is 5.32 Å². The smallest absolute Gasteiger partial charge is 0.291 e. The lowest BCUT2D eigenvalue weighted by Gasteiger charge is -2.05. The van der Waals surface area contributed by atoms with Gasteiger partial charge in [-0.3, -0.25) is 14.9 Å². The van der Waals surface area contributed by atoms with E-state index in [4.69, 9.17) is 4.42 Å². The minimum atomic E-state index is -0.481. The first-order valence-electron chi connectivity index (χ1n) is 9.43. The molecule has 3 aromatic heterocycles. The number of anilines is 1. The molecule has 0 aliphatic heterocycles. The lowest BCUT2D eigenvalue weighted by Crippen LogP contribution is -2.10. The van der Waals surface area contributed by atoms with Crippen LogP contribution in [0.15, 0.2) is 65.1 Å². The van der Waals surface area contributed by atoms with Crippen molar-refractivity contribution in [1.82, 2.24) is 19.8 Å². The average Bonchev–Trinajstić information content (AvgIpc) is 3.52. The van der Waals surface area contributed by atoms with E-state index in [0.29, 0.717) is 27.8 Å². The van der Waals surface area contributed by atoms with Crippen molar-refractivity contribution in [3.05, 3.63) is 82.4 Å². The Labute approximate surface area is 184 Å². The molecule has 0 spiro atoms. The predicted octanol–water partition coefficient (Wildman–Crippen LogP) is 4.58. The second-order valence-electron chi connectivity index (χ2n) is 6.86. The molecule has 5 aromatic rings. The van der Waals surface area contributed by atoms with Crippen molar-refractivity contribution in [1.29, 1.82) is 0 Å². The van der Waals surface area contributed by atoms with E-state index in [2.05, 4.69) is 20.6 Å². The quantitative estimate of drug-likeness (QED) is 0.309. The van der Waals surface area contributed by atoms with Crippen molar-refractivity contribution in [2.24, 2.45) is 0 Å². The molecule has 32 heavy (non-hydrogen) atoms. The summed E-state index contributed by atoms with van der Waals surface area (Å²) in [5.41, 5.74) is 1.86. The largest absolute Gasteiger partial charge is 0.451 e. The summed E-state index contributed by atoms with van der Waals surface area (Å²) in [6, 6.07) is 16.4. The fourth-order valence-corrected chi connectivity index (χ4v) is 4.02. The summed E-state index contributed by atoms with van der Waals surface area (Å²) in [5, 5.41) is 27.1. The van der Waals surface area contributed by atoms with Crippen LogP contribution in [0, 0.1) is 17.0 Å². The maximum Gasteiger partial charge on any atom is 0.291 e. The normalized spacial score (nSPS) is 11.0. The summed E-state index contributed by atoms with van der Waals surface area (Å²) in [7, 11) is 0. The van der Waals surface area contributed by atoms with Gasteiger partial charge in [-0.2, -0.15) is 9.61 Å². The van der Waals surface area contributed by atoms with Gasteiger partial charge in [-0.25, -0.2) is 0 Å². The van der Waals surface area contributed by atoms with Crippen LogP contribution in [0.4, 0.5) is 11.4 Å². The maximum atomic E-state index is 12.7. The third-order valence-corrected chi connectivity index (χ3v) is 5.63. The maximum absolute atomic E-state index is 12.7. The molecule has 0 bridgehead atoms. The summed E-state index contributed by atoms with van der Waals surface area (Å²) in [5.74, 6) is 0.714. The number of nitrogens with zero attached hydrogens (tertiary/aromatic N) is 5. The Bertz CT molecular complexity index is 1480. The number of rotatable bonds is 5. The first-order valence-corrected chi connectivity index (χ1v) is 10.2. The molecule has 0 saturated carbocycles. The highest BCUT2D eigenvalue weighted by Crippen LogP contribution is 2.29. The Morgan fingerprint density at radius 2 is 1.91 bits per heavy atom. The molecule has 2 aromatic carbocycles. The minimum absolute atomic E-state index is 0.0534. The van der Waals surface area contributed by atoms with E-state index in [9.17, 15) is 14.9 Å². The highest BCUT2D eigenvalue weighted by atomic mass is 32.1. The van der Waals surface area contributed by atoms with Crippen LogP contribution in [-0.4, -0.2) is 30.6 Å². The molecule has 0 aliphatic rings. The third kappa shape index (κ3) is 3.61. The highest BCUT2D eigenvalue weighted by Gasteiger charge is 2.16. The molecule has 0 saturated heterocycles. The van der Waals surface area contributed by atoms with E-state index in [0.717, 1.165) is 10.6 Å². The molecule has 0 unspecified atom stereocenters. The molecular weight excluding hydrogens is 432 g/mol. The molecular formula is C21H14N6O4S. The molecule has 0 aliphatic carbocycles. The number of carbonyl (C=O) groups excluding carboxylic acids is 1. The lowest BCUT2D eigenvalue weighted by atomic mass is 10.1. The van der Waals surface area contributed by atoms with E-state index >= 15 is 0 Å². The molecule has 3 heterocycles. The number of benzene rings is 2. The second-order valence-corrected chi connectivity index (χ2v) is 7.81. The highest BCUT2D eigenvalue weighted by molar-refractivity contribution is 7.19. The van der Waals surface area contributed by atoms with Crippen LogP contribution in [0.2, 0.25) is 0 Å². The van der Waals surface area contributed by atoms with E-state index in [1.165, 1.54) is 29.5 Å². The number of nitro benzene ring substituents is 1. The number of nitro groups is 1. The van der Waals surface area contributed by atoms with Gasteiger partial charge in [-0.1, -0.05) is 35.6 Å². The summed E-state index contributed by atoms with van der Waals surface area (Å²) in [6.07, 6.45) is 0. The van der Waals surface area contributed by atoms with Crippen LogP contribution in [0.1, 0.15) is 16.4 Å². The zero-order valence-corrected chi connectivity index (χ0v) is 17.4. The van der Waals surface area contributed by atoms with E-state index in [1.54, 1.807) is 28.8 Å². The van der Waals surface area contributed by atoms with Gasteiger partial charge in [0.1, 0.15) is 10.8 Å². The number of carbonyl (C=O) groups is 1. The van der Waals surface area contributed by atoms with Crippen LogP contribution >= 0.6 is 11.3 Å². The topological polar surface area (TPSA) is 128 Å². The van der Waals surface area contributed by atoms with Gasteiger partial charge in [0.05, 0.1) is 4.92 Å². The van der Waals surface area contributed by atoms with Gasteiger partial charge in [-0.05, 0) is 31.2 Å². The van der Waals surface area contributed by atoms with Gasteiger partial charge >= 0.3 is 0 Å². The second kappa shape index (κ2) is 7.71. The van der Waals surface area contributed by atoms with Crippen LogP contribution < -0.4 is 5.32 Å². The van der Waals surface area contributed by atoms with Crippen molar-refractivity contribution in [3.63, 3.8) is 0 Å². The number of hydrogen-bond donors (Lipinski definition) is 1.